The van der Waals surface area contributed by atoms with Crippen molar-refractivity contribution in [3.63, 3.8) is 0 Å². The number of aryl methyl sites for hydroxylation is 1. The minimum absolute atomic E-state index is 0.490. The van der Waals surface area contributed by atoms with Crippen molar-refractivity contribution < 1.29 is 0 Å². The lowest BCUT2D eigenvalue weighted by Crippen LogP contribution is -2.06. The highest BCUT2D eigenvalue weighted by atomic mass is 14.6. The van der Waals surface area contributed by atoms with E-state index in [1.165, 1.54) is 5.56 Å². The molecule has 0 bridgehead atoms. The molecule has 0 saturated carbocycles. The molecule has 1 aromatic rings. The van der Waals surface area contributed by atoms with Crippen LogP contribution in [0.25, 0.3) is 0 Å². The molecule has 1 atom stereocenters. The Labute approximate surface area is 72.6 Å². The Morgan fingerprint density at radius 2 is 2.00 bits per heavy atom. The van der Waals surface area contributed by atoms with Gasteiger partial charge in [-0.2, -0.15) is 5.26 Å². The van der Waals surface area contributed by atoms with Gasteiger partial charge in [0.1, 0.15) is 6.04 Å². The van der Waals surface area contributed by atoms with Gasteiger partial charge in [0, 0.05) is 0 Å². The van der Waals surface area contributed by atoms with E-state index in [1.807, 2.05) is 30.3 Å². The standard InChI is InChI=1S/C10H12N2/c1-2-8-3-5-9(6-4-8)10(12)7-11/h3-6,10H,2,12H2,1H3. The molecule has 2 nitrogen and oxygen atoms in total. The molecule has 0 radical (unpaired) electrons. The van der Waals surface area contributed by atoms with E-state index in [0.717, 1.165) is 12.0 Å². The maximum absolute atomic E-state index is 8.54. The van der Waals surface area contributed by atoms with Crippen LogP contribution in [0.3, 0.4) is 0 Å². The molecule has 2 heteroatoms. The van der Waals surface area contributed by atoms with E-state index in [-0.39, 0.29) is 0 Å². The lowest BCUT2D eigenvalue weighted by atomic mass is 10.1. The van der Waals surface area contributed by atoms with Gasteiger partial charge in [-0.3, -0.25) is 0 Å². The Hall–Kier alpha value is -1.33. The number of hydrogen-bond acceptors (Lipinski definition) is 2. The SMILES string of the molecule is CCc1ccc(C(N)C#N)cc1. The van der Waals surface area contributed by atoms with E-state index in [0.29, 0.717) is 0 Å². The summed E-state index contributed by atoms with van der Waals surface area (Å²) in [5.74, 6) is 0. The highest BCUT2D eigenvalue weighted by Crippen LogP contribution is 2.10. The molecule has 0 spiro atoms. The molecule has 0 amide bonds. The van der Waals surface area contributed by atoms with Crippen molar-refractivity contribution in [1.29, 1.82) is 5.26 Å². The fourth-order valence-corrected chi connectivity index (χ4v) is 1.04. The zero-order valence-corrected chi connectivity index (χ0v) is 7.12. The number of hydrogen-bond donors (Lipinski definition) is 1. The predicted octanol–water partition coefficient (Wildman–Crippen LogP) is 1.77. The number of benzene rings is 1. The van der Waals surface area contributed by atoms with Gasteiger partial charge in [-0.1, -0.05) is 31.2 Å². The molecule has 2 N–H and O–H groups in total. The summed E-state index contributed by atoms with van der Waals surface area (Å²) < 4.78 is 0. The van der Waals surface area contributed by atoms with Gasteiger partial charge >= 0.3 is 0 Å². The fraction of sp³-hybridized carbons (Fsp3) is 0.300. The summed E-state index contributed by atoms with van der Waals surface area (Å²) in [6.07, 6.45) is 1.02. The van der Waals surface area contributed by atoms with Crippen molar-refractivity contribution in [3.8, 4) is 6.07 Å². The maximum Gasteiger partial charge on any atom is 0.118 e. The highest BCUT2D eigenvalue weighted by Gasteiger charge is 2.01. The zero-order valence-electron chi connectivity index (χ0n) is 7.12. The van der Waals surface area contributed by atoms with Crippen LogP contribution in [0, 0.1) is 11.3 Å². The third-order valence-corrected chi connectivity index (χ3v) is 1.89. The summed E-state index contributed by atoms with van der Waals surface area (Å²) >= 11 is 0. The molecule has 0 aliphatic rings. The first-order valence-corrected chi connectivity index (χ1v) is 4.02. The average molecular weight is 160 g/mol. The molecule has 0 saturated heterocycles. The van der Waals surface area contributed by atoms with Crippen LogP contribution in [0.2, 0.25) is 0 Å². The summed E-state index contributed by atoms with van der Waals surface area (Å²) in [6.45, 7) is 2.10. The Kier molecular flexibility index (Phi) is 2.84. The number of nitrogens with two attached hydrogens (primary N) is 1. The normalized spacial score (nSPS) is 12.1. The van der Waals surface area contributed by atoms with E-state index in [1.54, 1.807) is 0 Å². The van der Waals surface area contributed by atoms with Gasteiger partial charge in [-0.25, -0.2) is 0 Å². The first kappa shape index (κ1) is 8.76. The van der Waals surface area contributed by atoms with Gasteiger partial charge in [0.05, 0.1) is 6.07 Å². The van der Waals surface area contributed by atoms with Crippen molar-refractivity contribution in [2.24, 2.45) is 5.73 Å². The Morgan fingerprint density at radius 1 is 1.42 bits per heavy atom. The molecular formula is C10H12N2. The van der Waals surface area contributed by atoms with Crippen molar-refractivity contribution in [2.45, 2.75) is 19.4 Å². The van der Waals surface area contributed by atoms with Crippen molar-refractivity contribution in [2.75, 3.05) is 0 Å². The highest BCUT2D eigenvalue weighted by molar-refractivity contribution is 5.27. The smallest absolute Gasteiger partial charge is 0.118 e. The Bertz CT molecular complexity index is 282. The van der Waals surface area contributed by atoms with Gasteiger partial charge in [0.15, 0.2) is 0 Å². The first-order chi connectivity index (χ1) is 5.77. The first-order valence-electron chi connectivity index (χ1n) is 4.02. The summed E-state index contributed by atoms with van der Waals surface area (Å²) in [6, 6.07) is 9.34. The molecule has 12 heavy (non-hydrogen) atoms. The summed E-state index contributed by atoms with van der Waals surface area (Å²) in [4.78, 5) is 0. The average Bonchev–Trinajstić information content (AvgIpc) is 2.17. The van der Waals surface area contributed by atoms with Crippen LogP contribution in [-0.4, -0.2) is 0 Å². The third kappa shape index (κ3) is 1.84. The lowest BCUT2D eigenvalue weighted by molar-refractivity contribution is 0.923. The van der Waals surface area contributed by atoms with E-state index >= 15 is 0 Å². The molecule has 1 aromatic carbocycles. The molecule has 0 heterocycles. The van der Waals surface area contributed by atoms with Crippen molar-refractivity contribution in [1.82, 2.24) is 0 Å². The van der Waals surface area contributed by atoms with Crippen LogP contribution in [0.5, 0.6) is 0 Å². The number of rotatable bonds is 2. The van der Waals surface area contributed by atoms with E-state index in [9.17, 15) is 0 Å². The van der Waals surface area contributed by atoms with Gasteiger partial charge < -0.3 is 5.73 Å². The molecule has 0 aromatic heterocycles. The monoisotopic (exact) mass is 160 g/mol. The van der Waals surface area contributed by atoms with Crippen molar-refractivity contribution >= 4 is 0 Å². The third-order valence-electron chi connectivity index (χ3n) is 1.89. The summed E-state index contributed by atoms with van der Waals surface area (Å²) in [5.41, 5.74) is 7.68. The van der Waals surface area contributed by atoms with Crippen LogP contribution >= 0.6 is 0 Å². The second kappa shape index (κ2) is 3.89. The largest absolute Gasteiger partial charge is 0.312 e. The summed E-state index contributed by atoms with van der Waals surface area (Å²) in [5, 5.41) is 8.54. The predicted molar refractivity (Wildman–Crippen MR) is 48.4 cm³/mol. The zero-order chi connectivity index (χ0) is 8.97. The molecule has 1 rings (SSSR count). The summed E-state index contributed by atoms with van der Waals surface area (Å²) in [7, 11) is 0. The fourth-order valence-electron chi connectivity index (χ4n) is 1.04. The second-order valence-electron chi connectivity index (χ2n) is 2.70. The molecule has 62 valence electrons. The minimum Gasteiger partial charge on any atom is -0.312 e. The van der Waals surface area contributed by atoms with Gasteiger partial charge in [0.25, 0.3) is 0 Å². The van der Waals surface area contributed by atoms with E-state index in [2.05, 4.69) is 6.92 Å². The lowest BCUT2D eigenvalue weighted by Gasteiger charge is -2.03. The molecular weight excluding hydrogens is 148 g/mol. The van der Waals surface area contributed by atoms with Gasteiger partial charge in [-0.05, 0) is 17.5 Å². The Morgan fingerprint density at radius 3 is 2.42 bits per heavy atom. The Balaban J connectivity index is 2.86. The molecule has 0 fully saturated rings. The number of nitriles is 1. The molecule has 0 aliphatic heterocycles. The van der Waals surface area contributed by atoms with Crippen LogP contribution in [0.15, 0.2) is 24.3 Å². The number of nitrogens with zero attached hydrogens (tertiary/aromatic N) is 1. The second-order valence-corrected chi connectivity index (χ2v) is 2.70. The maximum atomic E-state index is 8.54. The van der Waals surface area contributed by atoms with Gasteiger partial charge in [0.2, 0.25) is 0 Å². The van der Waals surface area contributed by atoms with Crippen LogP contribution in [0.4, 0.5) is 0 Å². The molecule has 0 aliphatic carbocycles. The van der Waals surface area contributed by atoms with Gasteiger partial charge in [-0.15, -0.1) is 0 Å². The van der Waals surface area contributed by atoms with Crippen LogP contribution < -0.4 is 5.73 Å². The van der Waals surface area contributed by atoms with Crippen LogP contribution in [-0.2, 0) is 6.42 Å². The molecule has 1 unspecified atom stereocenters. The topological polar surface area (TPSA) is 49.8 Å². The van der Waals surface area contributed by atoms with Crippen molar-refractivity contribution in [3.05, 3.63) is 35.4 Å². The van der Waals surface area contributed by atoms with Crippen LogP contribution in [0.1, 0.15) is 24.1 Å². The minimum atomic E-state index is -0.490. The van der Waals surface area contributed by atoms with E-state index in [4.69, 9.17) is 11.0 Å². The quantitative estimate of drug-likeness (QED) is 0.716. The van der Waals surface area contributed by atoms with E-state index < -0.39 is 6.04 Å².